The highest BCUT2D eigenvalue weighted by Gasteiger charge is 2.20. The van der Waals surface area contributed by atoms with E-state index < -0.39 is 0 Å². The molecule has 100 valence electrons. The van der Waals surface area contributed by atoms with E-state index in [1.54, 1.807) is 0 Å². The average Bonchev–Trinajstić information content (AvgIpc) is 2.32. The van der Waals surface area contributed by atoms with Crippen molar-refractivity contribution in [1.82, 2.24) is 4.90 Å². The number of carbonyl (C=O) groups excluding carboxylic acids is 1. The molecule has 0 heterocycles. The average molecular weight is 424 g/mol. The second kappa shape index (κ2) is 7.48. The Labute approximate surface area is 131 Å². The van der Waals surface area contributed by atoms with Gasteiger partial charge in [-0.05, 0) is 61.4 Å². The molecule has 0 aliphatic carbocycles. The molecule has 0 aromatic heterocycles. The second-order valence-electron chi connectivity index (χ2n) is 4.57. The summed E-state index contributed by atoms with van der Waals surface area (Å²) in [7, 11) is 0. The molecule has 0 unspecified atom stereocenters. The van der Waals surface area contributed by atoms with Crippen LogP contribution in [0, 0.1) is 10.5 Å². The van der Waals surface area contributed by atoms with Crippen molar-refractivity contribution in [2.24, 2.45) is 0 Å². The highest BCUT2D eigenvalue weighted by molar-refractivity contribution is 14.1. The fourth-order valence-electron chi connectivity index (χ4n) is 1.79. The zero-order valence-electron chi connectivity index (χ0n) is 11.0. The number of carbonyl (C=O) groups is 1. The molecule has 1 aromatic carbocycles. The number of halogens is 2. The fourth-order valence-corrected chi connectivity index (χ4v) is 2.63. The Hall–Kier alpha value is -0.100. The zero-order chi connectivity index (χ0) is 13.7. The van der Waals surface area contributed by atoms with Crippen LogP contribution in [0.4, 0.5) is 0 Å². The Morgan fingerprint density at radius 2 is 2.11 bits per heavy atom. The molecule has 2 nitrogen and oxygen atoms in total. The number of alkyl halides is 1. The normalized spacial score (nSPS) is 10.8. The zero-order valence-corrected chi connectivity index (χ0v) is 14.8. The van der Waals surface area contributed by atoms with Gasteiger partial charge in [0.05, 0.1) is 5.56 Å². The molecule has 0 aliphatic rings. The Kier molecular flexibility index (Phi) is 6.63. The number of nitrogens with zero attached hydrogens (tertiary/aromatic N) is 1. The summed E-state index contributed by atoms with van der Waals surface area (Å²) in [6.07, 6.45) is 0.978. The van der Waals surface area contributed by atoms with Crippen LogP contribution in [0.3, 0.4) is 0 Å². The molecule has 0 fully saturated rings. The van der Waals surface area contributed by atoms with Crippen LogP contribution < -0.4 is 0 Å². The first-order valence-electron chi connectivity index (χ1n) is 6.11. The number of benzene rings is 1. The van der Waals surface area contributed by atoms with Gasteiger partial charge < -0.3 is 4.90 Å². The lowest BCUT2D eigenvalue weighted by atomic mass is 10.1. The molecule has 0 atom stereocenters. The largest absolute Gasteiger partial charge is 0.336 e. The van der Waals surface area contributed by atoms with Crippen molar-refractivity contribution in [2.45, 2.75) is 33.2 Å². The van der Waals surface area contributed by atoms with Crippen LogP contribution in [-0.4, -0.2) is 28.7 Å². The Bertz CT molecular complexity index is 420. The predicted octanol–water partition coefficient (Wildman–Crippen LogP) is 4.24. The maximum absolute atomic E-state index is 12.6. The van der Waals surface area contributed by atoms with Crippen molar-refractivity contribution in [2.75, 3.05) is 11.9 Å². The summed E-state index contributed by atoms with van der Waals surface area (Å²) < 4.78 is 1.06. The third kappa shape index (κ3) is 3.95. The van der Waals surface area contributed by atoms with Gasteiger partial charge in [0.15, 0.2) is 0 Å². The van der Waals surface area contributed by atoms with E-state index in [0.29, 0.717) is 0 Å². The van der Waals surface area contributed by atoms with Gasteiger partial charge in [0.25, 0.3) is 5.91 Å². The van der Waals surface area contributed by atoms with E-state index >= 15 is 0 Å². The standard InChI is InChI=1S/C14H19BrINO/c1-10(2)17(9-5-8-15)14(18)12-7-4-6-11(3)13(12)16/h4,6-7,10H,5,8-9H2,1-3H3. The summed E-state index contributed by atoms with van der Waals surface area (Å²) in [4.78, 5) is 14.5. The van der Waals surface area contributed by atoms with E-state index in [1.807, 2.05) is 30.0 Å². The summed E-state index contributed by atoms with van der Waals surface area (Å²) in [6.45, 7) is 6.96. The van der Waals surface area contributed by atoms with Crippen molar-refractivity contribution in [3.63, 3.8) is 0 Å². The minimum Gasteiger partial charge on any atom is -0.336 e. The van der Waals surface area contributed by atoms with Gasteiger partial charge in [0.2, 0.25) is 0 Å². The molecular weight excluding hydrogens is 405 g/mol. The van der Waals surface area contributed by atoms with Gasteiger partial charge >= 0.3 is 0 Å². The summed E-state index contributed by atoms with van der Waals surface area (Å²) in [5.41, 5.74) is 1.98. The SMILES string of the molecule is Cc1cccc(C(=O)N(CCCBr)C(C)C)c1I. The Morgan fingerprint density at radius 3 is 2.67 bits per heavy atom. The van der Waals surface area contributed by atoms with E-state index in [0.717, 1.165) is 33.0 Å². The molecule has 0 saturated heterocycles. The Morgan fingerprint density at radius 1 is 1.44 bits per heavy atom. The van der Waals surface area contributed by atoms with Gasteiger partial charge in [0.1, 0.15) is 0 Å². The summed E-state index contributed by atoms with van der Waals surface area (Å²) in [5.74, 6) is 0.138. The minimum absolute atomic E-state index is 0.138. The van der Waals surface area contributed by atoms with E-state index in [2.05, 4.69) is 52.4 Å². The van der Waals surface area contributed by atoms with Gasteiger partial charge in [-0.3, -0.25) is 4.79 Å². The first-order valence-corrected chi connectivity index (χ1v) is 8.31. The molecule has 18 heavy (non-hydrogen) atoms. The van der Waals surface area contributed by atoms with E-state index in [1.165, 1.54) is 0 Å². The van der Waals surface area contributed by atoms with Crippen LogP contribution in [0.15, 0.2) is 18.2 Å². The smallest absolute Gasteiger partial charge is 0.255 e. The molecule has 0 aliphatic heterocycles. The summed E-state index contributed by atoms with van der Waals surface area (Å²) in [6, 6.07) is 6.14. The maximum Gasteiger partial charge on any atom is 0.255 e. The lowest BCUT2D eigenvalue weighted by Crippen LogP contribution is -2.38. The summed E-state index contributed by atoms with van der Waals surface area (Å²) >= 11 is 5.68. The van der Waals surface area contributed by atoms with Crippen molar-refractivity contribution in [1.29, 1.82) is 0 Å². The van der Waals surface area contributed by atoms with Crippen molar-refractivity contribution >= 4 is 44.4 Å². The third-order valence-electron chi connectivity index (χ3n) is 2.84. The lowest BCUT2D eigenvalue weighted by Gasteiger charge is -2.27. The highest BCUT2D eigenvalue weighted by Crippen LogP contribution is 2.19. The van der Waals surface area contributed by atoms with Gasteiger partial charge in [-0.2, -0.15) is 0 Å². The van der Waals surface area contributed by atoms with Crippen molar-refractivity contribution in [3.05, 3.63) is 32.9 Å². The van der Waals surface area contributed by atoms with Crippen LogP contribution in [0.1, 0.15) is 36.2 Å². The molecular formula is C14H19BrINO. The van der Waals surface area contributed by atoms with Crippen LogP contribution in [-0.2, 0) is 0 Å². The fraction of sp³-hybridized carbons (Fsp3) is 0.500. The number of rotatable bonds is 5. The minimum atomic E-state index is 0.138. The molecule has 0 N–H and O–H groups in total. The molecule has 0 spiro atoms. The van der Waals surface area contributed by atoms with Gasteiger partial charge in [-0.25, -0.2) is 0 Å². The lowest BCUT2D eigenvalue weighted by molar-refractivity contribution is 0.0705. The number of hydrogen-bond donors (Lipinski definition) is 0. The number of amides is 1. The predicted molar refractivity (Wildman–Crippen MR) is 88.5 cm³/mol. The van der Waals surface area contributed by atoms with E-state index in [4.69, 9.17) is 0 Å². The molecule has 0 bridgehead atoms. The van der Waals surface area contributed by atoms with Gasteiger partial charge in [0, 0.05) is 21.5 Å². The second-order valence-corrected chi connectivity index (χ2v) is 6.44. The van der Waals surface area contributed by atoms with Crippen LogP contribution in [0.5, 0.6) is 0 Å². The molecule has 1 aromatic rings. The van der Waals surface area contributed by atoms with Crippen molar-refractivity contribution < 1.29 is 4.79 Å². The monoisotopic (exact) mass is 423 g/mol. The topological polar surface area (TPSA) is 20.3 Å². The third-order valence-corrected chi connectivity index (χ3v) is 4.83. The van der Waals surface area contributed by atoms with E-state index in [-0.39, 0.29) is 11.9 Å². The first-order chi connectivity index (χ1) is 8.49. The molecule has 4 heteroatoms. The van der Waals surface area contributed by atoms with Crippen LogP contribution in [0.25, 0.3) is 0 Å². The highest BCUT2D eigenvalue weighted by atomic mass is 127. The summed E-state index contributed by atoms with van der Waals surface area (Å²) in [5, 5.41) is 0.925. The first kappa shape index (κ1) is 16.0. The number of aryl methyl sites for hydroxylation is 1. The van der Waals surface area contributed by atoms with Crippen molar-refractivity contribution in [3.8, 4) is 0 Å². The number of hydrogen-bond acceptors (Lipinski definition) is 1. The van der Waals surface area contributed by atoms with Crippen LogP contribution in [0.2, 0.25) is 0 Å². The molecule has 0 radical (unpaired) electrons. The van der Waals surface area contributed by atoms with E-state index in [9.17, 15) is 4.79 Å². The Balaban J connectivity index is 2.98. The maximum atomic E-state index is 12.6. The van der Waals surface area contributed by atoms with Gasteiger partial charge in [-0.1, -0.05) is 28.1 Å². The quantitative estimate of drug-likeness (QED) is 0.512. The molecule has 1 amide bonds. The van der Waals surface area contributed by atoms with Crippen LogP contribution >= 0.6 is 38.5 Å². The molecule has 1 rings (SSSR count). The molecule has 0 saturated carbocycles. The van der Waals surface area contributed by atoms with Gasteiger partial charge in [-0.15, -0.1) is 0 Å².